The van der Waals surface area contributed by atoms with Gasteiger partial charge < -0.3 is 14.9 Å². The van der Waals surface area contributed by atoms with Crippen LogP contribution in [0.2, 0.25) is 0 Å². The quantitative estimate of drug-likeness (QED) is 0.843. The van der Waals surface area contributed by atoms with Crippen molar-refractivity contribution in [2.45, 2.75) is 25.1 Å². The molecule has 2 aliphatic rings. The summed E-state index contributed by atoms with van der Waals surface area (Å²) in [7, 11) is 4.28. The van der Waals surface area contributed by atoms with Gasteiger partial charge in [-0.05, 0) is 43.3 Å². The van der Waals surface area contributed by atoms with E-state index in [1.807, 2.05) is 6.07 Å². The van der Waals surface area contributed by atoms with E-state index < -0.39 is 0 Å². The summed E-state index contributed by atoms with van der Waals surface area (Å²) < 4.78 is 0. The zero-order valence-electron chi connectivity index (χ0n) is 17.7. The van der Waals surface area contributed by atoms with Crippen molar-refractivity contribution in [3.05, 3.63) is 60.2 Å². The Labute approximate surface area is 175 Å². The molecule has 2 atom stereocenters. The minimum absolute atomic E-state index is 0.254. The summed E-state index contributed by atoms with van der Waals surface area (Å²) in [5, 5.41) is 10.8. The molecule has 5 nitrogen and oxygen atoms in total. The molecule has 0 aromatic heterocycles. The lowest BCUT2D eigenvalue weighted by Crippen LogP contribution is -2.58. The first-order chi connectivity index (χ1) is 14.1. The van der Waals surface area contributed by atoms with Crippen LogP contribution in [0.25, 0.3) is 0 Å². The van der Waals surface area contributed by atoms with Gasteiger partial charge in [-0.2, -0.15) is 0 Å². The van der Waals surface area contributed by atoms with Crippen molar-refractivity contribution < 1.29 is 5.11 Å². The highest BCUT2D eigenvalue weighted by atomic mass is 16.3. The van der Waals surface area contributed by atoms with Gasteiger partial charge in [0, 0.05) is 70.3 Å². The Bertz CT molecular complexity index is 758. The second-order valence-corrected chi connectivity index (χ2v) is 8.56. The number of aliphatic hydroxyl groups excluding tert-OH is 1. The molecule has 0 radical (unpaired) electrons. The van der Waals surface area contributed by atoms with E-state index in [-0.39, 0.29) is 6.10 Å². The first kappa shape index (κ1) is 20.4. The molecule has 5 heteroatoms. The van der Waals surface area contributed by atoms with E-state index in [2.05, 4.69) is 82.2 Å². The maximum absolute atomic E-state index is 10.8. The monoisotopic (exact) mass is 394 g/mol. The number of β-amino-alcohol motifs (C(OH)–C–C–N with tert-alkyl or cyclic N) is 1. The number of para-hydroxylation sites is 1. The van der Waals surface area contributed by atoms with E-state index in [4.69, 9.17) is 0 Å². The smallest absolute Gasteiger partial charge is 0.0822 e. The summed E-state index contributed by atoms with van der Waals surface area (Å²) in [6.45, 7) is 7.10. The third-order valence-corrected chi connectivity index (χ3v) is 6.51. The SMILES string of the molecule is CN1CCN([C@@H]2CCN(Cc3ccc(N(C)c4ccccc4)cc3)C[C@H]2O)CC1. The molecule has 0 spiro atoms. The van der Waals surface area contributed by atoms with Crippen LogP contribution in [0, 0.1) is 0 Å². The molecule has 2 fully saturated rings. The van der Waals surface area contributed by atoms with E-state index in [0.717, 1.165) is 52.2 Å². The summed E-state index contributed by atoms with van der Waals surface area (Å²) in [6, 6.07) is 19.6. The van der Waals surface area contributed by atoms with Crippen molar-refractivity contribution in [1.82, 2.24) is 14.7 Å². The third kappa shape index (κ3) is 4.98. The number of hydrogen-bond donors (Lipinski definition) is 1. The number of aliphatic hydroxyl groups is 1. The second-order valence-electron chi connectivity index (χ2n) is 8.56. The Hall–Kier alpha value is -1.92. The average Bonchev–Trinajstić information content (AvgIpc) is 2.75. The molecule has 0 saturated carbocycles. The van der Waals surface area contributed by atoms with E-state index in [1.165, 1.54) is 16.9 Å². The van der Waals surface area contributed by atoms with Gasteiger partial charge in [-0.25, -0.2) is 0 Å². The summed E-state index contributed by atoms with van der Waals surface area (Å²) >= 11 is 0. The van der Waals surface area contributed by atoms with Crippen LogP contribution in [0.15, 0.2) is 54.6 Å². The molecule has 2 saturated heterocycles. The van der Waals surface area contributed by atoms with Gasteiger partial charge >= 0.3 is 0 Å². The van der Waals surface area contributed by atoms with E-state index in [1.54, 1.807) is 0 Å². The van der Waals surface area contributed by atoms with Gasteiger partial charge in [0.2, 0.25) is 0 Å². The Kier molecular flexibility index (Phi) is 6.50. The van der Waals surface area contributed by atoms with Gasteiger partial charge in [-0.1, -0.05) is 30.3 Å². The number of rotatable bonds is 5. The predicted molar refractivity (Wildman–Crippen MR) is 120 cm³/mol. The van der Waals surface area contributed by atoms with Gasteiger partial charge in [0.1, 0.15) is 0 Å². The summed E-state index contributed by atoms with van der Waals surface area (Å²) in [6.07, 6.45) is 0.801. The predicted octanol–water partition coefficient (Wildman–Crippen LogP) is 2.64. The van der Waals surface area contributed by atoms with E-state index in [9.17, 15) is 5.11 Å². The highest BCUT2D eigenvalue weighted by Crippen LogP contribution is 2.25. The molecule has 2 heterocycles. The molecular weight excluding hydrogens is 360 g/mol. The van der Waals surface area contributed by atoms with Crippen LogP contribution in [-0.2, 0) is 6.54 Å². The topological polar surface area (TPSA) is 33.2 Å². The molecule has 4 rings (SSSR count). The number of likely N-dealkylation sites (tertiary alicyclic amines) is 1. The Morgan fingerprint density at radius 2 is 1.55 bits per heavy atom. The summed E-state index contributed by atoms with van der Waals surface area (Å²) in [5.74, 6) is 0. The van der Waals surface area contributed by atoms with Gasteiger partial charge in [0.15, 0.2) is 0 Å². The van der Waals surface area contributed by atoms with Crippen LogP contribution in [0.3, 0.4) is 0 Å². The minimum Gasteiger partial charge on any atom is -0.390 e. The van der Waals surface area contributed by atoms with Crippen LogP contribution in [-0.4, -0.2) is 85.3 Å². The highest BCUT2D eigenvalue weighted by Gasteiger charge is 2.33. The fraction of sp³-hybridized carbons (Fsp3) is 0.500. The lowest BCUT2D eigenvalue weighted by molar-refractivity contribution is -0.0286. The molecule has 156 valence electrons. The molecule has 0 aliphatic carbocycles. The minimum atomic E-state index is -0.254. The van der Waals surface area contributed by atoms with Gasteiger partial charge in [-0.3, -0.25) is 9.80 Å². The number of hydrogen-bond acceptors (Lipinski definition) is 5. The van der Waals surface area contributed by atoms with Gasteiger partial charge in [-0.15, -0.1) is 0 Å². The number of nitrogens with zero attached hydrogens (tertiary/aromatic N) is 4. The van der Waals surface area contributed by atoms with Crippen molar-refractivity contribution >= 4 is 11.4 Å². The van der Waals surface area contributed by atoms with Gasteiger partial charge in [0.25, 0.3) is 0 Å². The van der Waals surface area contributed by atoms with Crippen LogP contribution < -0.4 is 4.90 Å². The normalized spacial score (nSPS) is 24.5. The third-order valence-electron chi connectivity index (χ3n) is 6.51. The maximum Gasteiger partial charge on any atom is 0.0822 e. The Morgan fingerprint density at radius 1 is 0.897 bits per heavy atom. The molecule has 29 heavy (non-hydrogen) atoms. The lowest BCUT2D eigenvalue weighted by atomic mass is 9.98. The standard InChI is InChI=1S/C24H34N4O/c1-25-14-16-28(17-15-25)23-12-13-27(19-24(23)29)18-20-8-10-22(11-9-20)26(2)21-6-4-3-5-7-21/h3-11,23-24,29H,12-19H2,1-2H3/t23-,24-/m1/s1. The molecule has 0 unspecified atom stereocenters. The molecule has 1 N–H and O–H groups in total. The average molecular weight is 395 g/mol. The summed E-state index contributed by atoms with van der Waals surface area (Å²) in [4.78, 5) is 9.47. The van der Waals surface area contributed by atoms with Crippen LogP contribution >= 0.6 is 0 Å². The molecule has 2 aliphatic heterocycles. The Morgan fingerprint density at radius 3 is 2.21 bits per heavy atom. The van der Waals surface area contributed by atoms with Crippen LogP contribution in [0.5, 0.6) is 0 Å². The van der Waals surface area contributed by atoms with Gasteiger partial charge in [0.05, 0.1) is 6.10 Å². The van der Waals surface area contributed by atoms with E-state index in [0.29, 0.717) is 6.04 Å². The van der Waals surface area contributed by atoms with Crippen molar-refractivity contribution in [2.24, 2.45) is 0 Å². The first-order valence-electron chi connectivity index (χ1n) is 10.8. The maximum atomic E-state index is 10.8. The van der Waals surface area contributed by atoms with Crippen molar-refractivity contribution in [3.8, 4) is 0 Å². The van der Waals surface area contributed by atoms with Crippen molar-refractivity contribution in [3.63, 3.8) is 0 Å². The number of likely N-dealkylation sites (N-methyl/N-ethyl adjacent to an activating group) is 1. The number of benzene rings is 2. The fourth-order valence-corrected chi connectivity index (χ4v) is 4.59. The number of piperazine rings is 1. The summed E-state index contributed by atoms with van der Waals surface area (Å²) in [5.41, 5.74) is 3.68. The largest absolute Gasteiger partial charge is 0.390 e. The highest BCUT2D eigenvalue weighted by molar-refractivity contribution is 5.62. The lowest BCUT2D eigenvalue weighted by Gasteiger charge is -2.44. The first-order valence-corrected chi connectivity index (χ1v) is 10.8. The number of piperidine rings is 1. The zero-order chi connectivity index (χ0) is 20.2. The molecular formula is C24H34N4O. The molecule has 0 bridgehead atoms. The number of anilines is 2. The van der Waals surface area contributed by atoms with Crippen LogP contribution in [0.4, 0.5) is 11.4 Å². The second kappa shape index (κ2) is 9.26. The Balaban J connectivity index is 1.31. The fourth-order valence-electron chi connectivity index (χ4n) is 4.59. The van der Waals surface area contributed by atoms with Crippen molar-refractivity contribution in [2.75, 3.05) is 58.3 Å². The molecule has 2 aromatic carbocycles. The molecule has 0 amide bonds. The van der Waals surface area contributed by atoms with Crippen LogP contribution in [0.1, 0.15) is 12.0 Å². The van der Waals surface area contributed by atoms with Crippen molar-refractivity contribution in [1.29, 1.82) is 0 Å². The zero-order valence-corrected chi connectivity index (χ0v) is 17.7. The van der Waals surface area contributed by atoms with E-state index >= 15 is 0 Å². The molecule has 2 aromatic rings.